The third-order valence-electron chi connectivity index (χ3n) is 3.83. The average Bonchev–Trinajstić information content (AvgIpc) is 2.84. The molecule has 0 bridgehead atoms. The fourth-order valence-corrected chi connectivity index (χ4v) is 3.95. The average molecular weight is 233 g/mol. The van der Waals surface area contributed by atoms with Gasteiger partial charge in [0.05, 0.1) is 16.9 Å². The van der Waals surface area contributed by atoms with E-state index in [4.69, 9.17) is 5.73 Å². The maximum atomic E-state index is 11.3. The first-order chi connectivity index (χ1) is 6.81. The Morgan fingerprint density at radius 3 is 1.93 bits per heavy atom. The molecule has 2 aliphatic rings. The minimum atomic E-state index is -3.04. The molecular weight excluding hydrogens is 218 g/mol. The molecule has 1 aliphatic heterocycles. The van der Waals surface area contributed by atoms with Crippen LogP contribution in [0.2, 0.25) is 0 Å². The van der Waals surface area contributed by atoms with Crippen LogP contribution in [0.15, 0.2) is 0 Å². The number of carboxylic acid groups (broad SMARTS) is 1. The predicted octanol–water partition coefficient (Wildman–Crippen LogP) is -0.243. The number of aliphatic carboxylic acids is 1. The Kier molecular flexibility index (Phi) is 2.14. The van der Waals surface area contributed by atoms with Gasteiger partial charge in [-0.25, -0.2) is 8.42 Å². The molecule has 6 heteroatoms. The van der Waals surface area contributed by atoms with Gasteiger partial charge in [-0.1, -0.05) is 0 Å². The van der Waals surface area contributed by atoms with Gasteiger partial charge in [-0.3, -0.25) is 4.79 Å². The van der Waals surface area contributed by atoms with Crippen LogP contribution in [0.4, 0.5) is 0 Å². The molecule has 0 aromatic rings. The topological polar surface area (TPSA) is 97.5 Å². The number of rotatable bonds is 2. The van der Waals surface area contributed by atoms with Crippen molar-refractivity contribution < 1.29 is 18.3 Å². The van der Waals surface area contributed by atoms with Crippen LogP contribution in [0.3, 0.4) is 0 Å². The van der Waals surface area contributed by atoms with E-state index in [2.05, 4.69) is 0 Å². The second kappa shape index (κ2) is 2.95. The maximum absolute atomic E-state index is 11.3. The highest BCUT2D eigenvalue weighted by Gasteiger charge is 2.62. The molecule has 1 aliphatic carbocycles. The summed E-state index contributed by atoms with van der Waals surface area (Å²) in [4.78, 5) is 11.3. The maximum Gasteiger partial charge on any atom is 0.311 e. The largest absolute Gasteiger partial charge is 0.481 e. The number of carbonyl (C=O) groups is 1. The third kappa shape index (κ3) is 1.56. The van der Waals surface area contributed by atoms with Gasteiger partial charge in [0, 0.05) is 5.54 Å². The van der Waals surface area contributed by atoms with Crippen LogP contribution in [0.1, 0.15) is 25.7 Å². The van der Waals surface area contributed by atoms with Gasteiger partial charge in [-0.2, -0.15) is 0 Å². The fourth-order valence-electron chi connectivity index (χ4n) is 2.42. The molecule has 0 amide bonds. The van der Waals surface area contributed by atoms with Crippen molar-refractivity contribution in [3.63, 3.8) is 0 Å². The summed E-state index contributed by atoms with van der Waals surface area (Å²) in [6.07, 6.45) is 1.72. The van der Waals surface area contributed by atoms with Crippen molar-refractivity contribution in [1.29, 1.82) is 0 Å². The SMILES string of the molecule is NC1(C2(C(=O)O)CCS(=O)(=O)CC2)CC1. The Hall–Kier alpha value is -0.620. The van der Waals surface area contributed by atoms with Gasteiger partial charge in [0.2, 0.25) is 0 Å². The van der Waals surface area contributed by atoms with Crippen LogP contribution >= 0.6 is 0 Å². The normalized spacial score (nSPS) is 30.7. The molecule has 2 fully saturated rings. The molecule has 3 N–H and O–H groups in total. The summed E-state index contributed by atoms with van der Waals surface area (Å²) in [6.45, 7) is 0. The molecule has 0 aromatic carbocycles. The first-order valence-electron chi connectivity index (χ1n) is 5.04. The summed E-state index contributed by atoms with van der Waals surface area (Å²) >= 11 is 0. The van der Waals surface area contributed by atoms with Crippen LogP contribution in [0.5, 0.6) is 0 Å². The van der Waals surface area contributed by atoms with E-state index in [-0.39, 0.29) is 24.3 Å². The first-order valence-corrected chi connectivity index (χ1v) is 6.86. The lowest BCUT2D eigenvalue weighted by Crippen LogP contribution is -2.53. The Morgan fingerprint density at radius 1 is 1.13 bits per heavy atom. The van der Waals surface area contributed by atoms with E-state index in [1.807, 2.05) is 0 Å². The van der Waals surface area contributed by atoms with Crippen LogP contribution in [-0.4, -0.2) is 36.5 Å². The molecule has 1 saturated carbocycles. The first kappa shape index (κ1) is 10.9. The fraction of sp³-hybridized carbons (Fsp3) is 0.889. The van der Waals surface area contributed by atoms with Crippen molar-refractivity contribution in [3.8, 4) is 0 Å². The molecule has 1 heterocycles. The quantitative estimate of drug-likeness (QED) is 0.686. The Morgan fingerprint density at radius 2 is 1.60 bits per heavy atom. The van der Waals surface area contributed by atoms with E-state index in [0.717, 1.165) is 0 Å². The lowest BCUT2D eigenvalue weighted by molar-refractivity contribution is -0.151. The summed E-state index contributed by atoms with van der Waals surface area (Å²) in [5.74, 6) is -1.02. The van der Waals surface area contributed by atoms with E-state index >= 15 is 0 Å². The van der Waals surface area contributed by atoms with Gasteiger partial charge >= 0.3 is 5.97 Å². The van der Waals surface area contributed by atoms with Gasteiger partial charge in [0.25, 0.3) is 0 Å². The standard InChI is InChI=1S/C9H15NO4S/c10-9(1-2-9)8(7(11)12)3-5-15(13,14)6-4-8/h1-6,10H2,(H,11,12). The van der Waals surface area contributed by atoms with Crippen molar-refractivity contribution in [2.75, 3.05) is 11.5 Å². The minimum absolute atomic E-state index is 0.0434. The molecule has 0 radical (unpaired) electrons. The Labute approximate surface area is 88.6 Å². The van der Waals surface area contributed by atoms with Crippen LogP contribution in [0, 0.1) is 5.41 Å². The van der Waals surface area contributed by atoms with Gasteiger partial charge in [-0.05, 0) is 25.7 Å². The van der Waals surface area contributed by atoms with E-state index < -0.39 is 26.8 Å². The van der Waals surface area contributed by atoms with Gasteiger partial charge in [-0.15, -0.1) is 0 Å². The molecule has 0 spiro atoms. The van der Waals surface area contributed by atoms with Crippen LogP contribution < -0.4 is 5.73 Å². The highest BCUT2D eigenvalue weighted by atomic mass is 32.2. The van der Waals surface area contributed by atoms with Crippen molar-refractivity contribution >= 4 is 15.8 Å². The minimum Gasteiger partial charge on any atom is -0.481 e. The number of hydrogen-bond acceptors (Lipinski definition) is 4. The second-order valence-corrected chi connectivity index (χ2v) is 7.00. The number of carboxylic acids is 1. The highest BCUT2D eigenvalue weighted by Crippen LogP contribution is 2.53. The summed E-state index contributed by atoms with van der Waals surface area (Å²) < 4.78 is 22.5. The monoisotopic (exact) mass is 233 g/mol. The van der Waals surface area contributed by atoms with Crippen molar-refractivity contribution in [2.24, 2.45) is 11.1 Å². The lowest BCUT2D eigenvalue weighted by atomic mass is 9.73. The van der Waals surface area contributed by atoms with E-state index in [1.165, 1.54) is 0 Å². The number of hydrogen-bond donors (Lipinski definition) is 2. The molecule has 0 atom stereocenters. The van der Waals surface area contributed by atoms with E-state index in [9.17, 15) is 18.3 Å². The summed E-state index contributed by atoms with van der Waals surface area (Å²) in [5, 5.41) is 9.26. The molecule has 1 saturated heterocycles. The lowest BCUT2D eigenvalue weighted by Gasteiger charge is -2.38. The van der Waals surface area contributed by atoms with Gasteiger partial charge in [0.1, 0.15) is 9.84 Å². The molecule has 15 heavy (non-hydrogen) atoms. The zero-order chi connectivity index (χ0) is 11.3. The van der Waals surface area contributed by atoms with Crippen molar-refractivity contribution in [3.05, 3.63) is 0 Å². The van der Waals surface area contributed by atoms with Crippen molar-refractivity contribution in [2.45, 2.75) is 31.2 Å². The number of nitrogens with two attached hydrogens (primary N) is 1. The third-order valence-corrected chi connectivity index (χ3v) is 5.48. The van der Waals surface area contributed by atoms with Crippen LogP contribution in [0.25, 0.3) is 0 Å². The van der Waals surface area contributed by atoms with Gasteiger partial charge in [0.15, 0.2) is 0 Å². The molecular formula is C9H15NO4S. The smallest absolute Gasteiger partial charge is 0.311 e. The Bertz CT molecular complexity index is 382. The van der Waals surface area contributed by atoms with Crippen molar-refractivity contribution in [1.82, 2.24) is 0 Å². The number of sulfone groups is 1. The second-order valence-electron chi connectivity index (χ2n) is 4.70. The van der Waals surface area contributed by atoms with Crippen LogP contribution in [-0.2, 0) is 14.6 Å². The summed E-state index contributed by atoms with van der Waals surface area (Å²) in [5.41, 5.74) is 4.31. The zero-order valence-corrected chi connectivity index (χ0v) is 9.22. The Balaban J connectivity index is 2.28. The van der Waals surface area contributed by atoms with Gasteiger partial charge < -0.3 is 10.8 Å². The molecule has 2 rings (SSSR count). The molecule has 0 unspecified atom stereocenters. The molecule has 5 nitrogen and oxygen atoms in total. The summed E-state index contributed by atoms with van der Waals surface area (Å²) in [6, 6.07) is 0. The summed E-state index contributed by atoms with van der Waals surface area (Å²) in [7, 11) is -3.04. The zero-order valence-electron chi connectivity index (χ0n) is 8.40. The molecule has 0 aromatic heterocycles. The molecule has 86 valence electrons. The van der Waals surface area contributed by atoms with E-state index in [0.29, 0.717) is 12.8 Å². The highest BCUT2D eigenvalue weighted by molar-refractivity contribution is 7.91. The van der Waals surface area contributed by atoms with E-state index in [1.54, 1.807) is 0 Å². The predicted molar refractivity (Wildman–Crippen MR) is 54.1 cm³/mol.